The van der Waals surface area contributed by atoms with Gasteiger partial charge in [-0.05, 0) is 39.2 Å². The lowest BCUT2D eigenvalue weighted by Crippen LogP contribution is -2.58. The highest BCUT2D eigenvalue weighted by Gasteiger charge is 2.36. The molecule has 0 aromatic carbocycles. The molecule has 1 aliphatic heterocycles. The summed E-state index contributed by atoms with van der Waals surface area (Å²) in [7, 11) is 2.13. The molecule has 106 valence electrons. The van der Waals surface area contributed by atoms with E-state index in [-0.39, 0.29) is 0 Å². The Morgan fingerprint density at radius 2 is 2.17 bits per heavy atom. The molecule has 1 saturated heterocycles. The number of nitrogens with one attached hydrogen (secondary N) is 1. The molecule has 1 aliphatic carbocycles. The summed E-state index contributed by atoms with van der Waals surface area (Å²) >= 11 is 0. The quantitative estimate of drug-likeness (QED) is 0.833. The first-order chi connectivity index (χ1) is 8.76. The molecule has 0 bridgehead atoms. The van der Waals surface area contributed by atoms with Crippen LogP contribution in [-0.2, 0) is 4.74 Å². The predicted octanol–water partition coefficient (Wildman–Crippen LogP) is 2.26. The standard InChI is InChI=1S/C15H30N2O/c1-4-5-13-6-7-14(16-3)15(10-13)17-8-9-18-11-12(17)2/h12-16H,4-11H2,1-3H3. The zero-order valence-corrected chi connectivity index (χ0v) is 12.3. The van der Waals surface area contributed by atoms with E-state index in [9.17, 15) is 0 Å². The maximum Gasteiger partial charge on any atom is 0.0619 e. The van der Waals surface area contributed by atoms with Crippen molar-refractivity contribution < 1.29 is 4.74 Å². The molecule has 2 rings (SSSR count). The van der Waals surface area contributed by atoms with Gasteiger partial charge >= 0.3 is 0 Å². The predicted molar refractivity (Wildman–Crippen MR) is 75.9 cm³/mol. The normalized spacial score (nSPS) is 38.8. The van der Waals surface area contributed by atoms with Gasteiger partial charge in [0.2, 0.25) is 0 Å². The van der Waals surface area contributed by atoms with Crippen molar-refractivity contribution in [2.24, 2.45) is 5.92 Å². The topological polar surface area (TPSA) is 24.5 Å². The fourth-order valence-electron chi connectivity index (χ4n) is 3.84. The van der Waals surface area contributed by atoms with E-state index in [4.69, 9.17) is 4.74 Å². The van der Waals surface area contributed by atoms with Crippen molar-refractivity contribution in [1.82, 2.24) is 10.2 Å². The molecule has 0 aromatic rings. The zero-order chi connectivity index (χ0) is 13.0. The second-order valence-electron chi connectivity index (χ2n) is 6.09. The van der Waals surface area contributed by atoms with Crippen LogP contribution in [0.2, 0.25) is 0 Å². The molecular formula is C15H30N2O. The summed E-state index contributed by atoms with van der Waals surface area (Å²) in [5.74, 6) is 0.944. The zero-order valence-electron chi connectivity index (χ0n) is 12.3. The van der Waals surface area contributed by atoms with Gasteiger partial charge < -0.3 is 10.1 Å². The van der Waals surface area contributed by atoms with Gasteiger partial charge in [0.25, 0.3) is 0 Å². The maximum absolute atomic E-state index is 5.58. The van der Waals surface area contributed by atoms with E-state index in [1.165, 1.54) is 32.1 Å². The molecule has 1 heterocycles. The van der Waals surface area contributed by atoms with Gasteiger partial charge in [-0.1, -0.05) is 19.8 Å². The van der Waals surface area contributed by atoms with Crippen molar-refractivity contribution in [3.63, 3.8) is 0 Å². The van der Waals surface area contributed by atoms with Crippen LogP contribution in [0.15, 0.2) is 0 Å². The fourth-order valence-corrected chi connectivity index (χ4v) is 3.84. The Kier molecular flexibility index (Phi) is 5.46. The molecule has 2 aliphatic rings. The smallest absolute Gasteiger partial charge is 0.0619 e. The third-order valence-corrected chi connectivity index (χ3v) is 4.84. The number of hydrogen-bond acceptors (Lipinski definition) is 3. The van der Waals surface area contributed by atoms with Gasteiger partial charge in [-0.2, -0.15) is 0 Å². The van der Waals surface area contributed by atoms with Gasteiger partial charge in [0.15, 0.2) is 0 Å². The second kappa shape index (κ2) is 6.88. The highest BCUT2D eigenvalue weighted by molar-refractivity contribution is 4.93. The van der Waals surface area contributed by atoms with Crippen molar-refractivity contribution >= 4 is 0 Å². The highest BCUT2D eigenvalue weighted by Crippen LogP contribution is 2.32. The molecule has 0 aromatic heterocycles. The van der Waals surface area contributed by atoms with Crippen LogP contribution in [0.25, 0.3) is 0 Å². The molecule has 4 unspecified atom stereocenters. The number of ether oxygens (including phenoxy) is 1. The molecular weight excluding hydrogens is 224 g/mol. The lowest BCUT2D eigenvalue weighted by molar-refractivity contribution is -0.0420. The molecule has 3 heteroatoms. The van der Waals surface area contributed by atoms with Gasteiger partial charge in [0.05, 0.1) is 13.2 Å². The summed E-state index contributed by atoms with van der Waals surface area (Å²) in [6.45, 7) is 7.57. The summed E-state index contributed by atoms with van der Waals surface area (Å²) in [6.07, 6.45) is 6.88. The minimum Gasteiger partial charge on any atom is -0.379 e. The molecule has 3 nitrogen and oxygen atoms in total. The first-order valence-electron chi connectivity index (χ1n) is 7.77. The Labute approximate surface area is 112 Å². The van der Waals surface area contributed by atoms with Crippen LogP contribution in [0.1, 0.15) is 46.0 Å². The molecule has 0 radical (unpaired) electrons. The van der Waals surface area contributed by atoms with Crippen molar-refractivity contribution in [2.75, 3.05) is 26.8 Å². The van der Waals surface area contributed by atoms with Crippen LogP contribution < -0.4 is 5.32 Å². The van der Waals surface area contributed by atoms with E-state index >= 15 is 0 Å². The van der Waals surface area contributed by atoms with Crippen LogP contribution in [0, 0.1) is 5.92 Å². The largest absolute Gasteiger partial charge is 0.379 e. The van der Waals surface area contributed by atoms with Gasteiger partial charge in [0.1, 0.15) is 0 Å². The van der Waals surface area contributed by atoms with Gasteiger partial charge in [0, 0.05) is 24.7 Å². The molecule has 1 N–H and O–H groups in total. The number of hydrogen-bond donors (Lipinski definition) is 1. The average Bonchev–Trinajstić information content (AvgIpc) is 2.40. The van der Waals surface area contributed by atoms with E-state index in [1.54, 1.807) is 0 Å². The van der Waals surface area contributed by atoms with Crippen LogP contribution in [0.4, 0.5) is 0 Å². The van der Waals surface area contributed by atoms with E-state index in [2.05, 4.69) is 31.1 Å². The third-order valence-electron chi connectivity index (χ3n) is 4.84. The van der Waals surface area contributed by atoms with Crippen molar-refractivity contribution in [1.29, 1.82) is 0 Å². The second-order valence-corrected chi connectivity index (χ2v) is 6.09. The van der Waals surface area contributed by atoms with Crippen molar-refractivity contribution in [2.45, 2.75) is 64.1 Å². The SMILES string of the molecule is CCCC1CCC(NC)C(N2CCOCC2C)C1. The number of rotatable bonds is 4. The van der Waals surface area contributed by atoms with Crippen molar-refractivity contribution in [3.05, 3.63) is 0 Å². The summed E-state index contributed by atoms with van der Waals surface area (Å²) in [6, 6.07) is 1.98. The molecule has 1 saturated carbocycles. The Bertz CT molecular complexity index is 247. The molecule has 0 amide bonds. The van der Waals surface area contributed by atoms with Gasteiger partial charge in [-0.15, -0.1) is 0 Å². The molecule has 18 heavy (non-hydrogen) atoms. The summed E-state index contributed by atoms with van der Waals surface area (Å²) in [4.78, 5) is 2.70. The van der Waals surface area contributed by atoms with E-state index in [0.717, 1.165) is 31.7 Å². The minimum atomic E-state index is 0.583. The van der Waals surface area contributed by atoms with Crippen molar-refractivity contribution in [3.8, 4) is 0 Å². The Morgan fingerprint density at radius 3 is 2.83 bits per heavy atom. The van der Waals surface area contributed by atoms with E-state index < -0.39 is 0 Å². The summed E-state index contributed by atoms with van der Waals surface area (Å²) < 4.78 is 5.58. The Hall–Kier alpha value is -0.120. The number of morpholine rings is 1. The molecule has 0 spiro atoms. The van der Waals surface area contributed by atoms with Gasteiger partial charge in [-0.3, -0.25) is 4.90 Å². The third kappa shape index (κ3) is 3.25. The lowest BCUT2D eigenvalue weighted by atomic mass is 9.79. The average molecular weight is 254 g/mol. The highest BCUT2D eigenvalue weighted by atomic mass is 16.5. The first kappa shape index (κ1) is 14.3. The summed E-state index contributed by atoms with van der Waals surface area (Å²) in [5, 5.41) is 3.55. The fraction of sp³-hybridized carbons (Fsp3) is 1.00. The Balaban J connectivity index is 2.00. The van der Waals surface area contributed by atoms with Crippen LogP contribution >= 0.6 is 0 Å². The maximum atomic E-state index is 5.58. The van der Waals surface area contributed by atoms with Crippen LogP contribution in [0.3, 0.4) is 0 Å². The minimum absolute atomic E-state index is 0.583. The number of nitrogens with zero attached hydrogens (tertiary/aromatic N) is 1. The molecule has 2 fully saturated rings. The van der Waals surface area contributed by atoms with Crippen LogP contribution in [0.5, 0.6) is 0 Å². The van der Waals surface area contributed by atoms with E-state index in [1.807, 2.05) is 0 Å². The summed E-state index contributed by atoms with van der Waals surface area (Å²) in [5.41, 5.74) is 0. The van der Waals surface area contributed by atoms with Gasteiger partial charge in [-0.25, -0.2) is 0 Å². The van der Waals surface area contributed by atoms with Crippen LogP contribution in [-0.4, -0.2) is 49.8 Å². The van der Waals surface area contributed by atoms with E-state index in [0.29, 0.717) is 12.1 Å². The lowest BCUT2D eigenvalue weighted by Gasteiger charge is -2.47. The monoisotopic (exact) mass is 254 g/mol. The molecule has 4 atom stereocenters. The first-order valence-corrected chi connectivity index (χ1v) is 7.77. The Morgan fingerprint density at radius 1 is 1.33 bits per heavy atom. The number of likely N-dealkylation sites (N-methyl/N-ethyl adjacent to an activating group) is 1.